The zero-order valence-electron chi connectivity index (χ0n) is 10.7. The quantitative estimate of drug-likeness (QED) is 0.666. The van der Waals surface area contributed by atoms with Crippen molar-refractivity contribution in [1.82, 2.24) is 20.0 Å². The van der Waals surface area contributed by atoms with E-state index in [1.807, 2.05) is 17.9 Å². The van der Waals surface area contributed by atoms with Gasteiger partial charge in [-0.3, -0.25) is 4.68 Å². The van der Waals surface area contributed by atoms with Gasteiger partial charge in [-0.25, -0.2) is 0 Å². The van der Waals surface area contributed by atoms with Crippen molar-refractivity contribution in [2.45, 2.75) is 20.3 Å². The molecule has 0 aliphatic heterocycles. The smallest absolute Gasteiger partial charge is 0.0492 e. The molecule has 0 unspecified atom stereocenters. The number of hydrogen-bond acceptors (Lipinski definition) is 3. The van der Waals surface area contributed by atoms with Crippen molar-refractivity contribution in [3.05, 3.63) is 18.0 Å². The van der Waals surface area contributed by atoms with Gasteiger partial charge >= 0.3 is 0 Å². The molecule has 0 aromatic carbocycles. The molecule has 0 saturated heterocycles. The van der Waals surface area contributed by atoms with Gasteiger partial charge < -0.3 is 10.2 Å². The molecule has 0 saturated carbocycles. The van der Waals surface area contributed by atoms with E-state index in [0.29, 0.717) is 0 Å². The zero-order valence-corrected chi connectivity index (χ0v) is 10.7. The fourth-order valence-electron chi connectivity index (χ4n) is 1.76. The summed E-state index contributed by atoms with van der Waals surface area (Å²) in [5.41, 5.74) is 1.29. The molecular formula is C12H24N4. The number of rotatable bonds is 8. The van der Waals surface area contributed by atoms with Gasteiger partial charge in [0, 0.05) is 45.0 Å². The Morgan fingerprint density at radius 1 is 1.31 bits per heavy atom. The molecule has 1 rings (SSSR count). The summed E-state index contributed by atoms with van der Waals surface area (Å²) in [5, 5.41) is 7.62. The molecule has 1 heterocycles. The third-order valence-electron chi connectivity index (χ3n) is 2.98. The summed E-state index contributed by atoms with van der Waals surface area (Å²) in [6.45, 7) is 9.93. The number of hydrogen-bond donors (Lipinski definition) is 1. The molecule has 0 fully saturated rings. The number of likely N-dealkylation sites (N-methyl/N-ethyl adjacent to an activating group) is 1. The standard InChI is InChI=1S/C12H24N4/c1-4-16(5-2)11-10-13-8-6-12-7-9-14-15(12)3/h7,9,13H,4-6,8,10-11H2,1-3H3. The fraction of sp³-hybridized carbons (Fsp3) is 0.750. The third-order valence-corrected chi connectivity index (χ3v) is 2.98. The molecule has 4 nitrogen and oxygen atoms in total. The Hall–Kier alpha value is -0.870. The molecule has 0 spiro atoms. The maximum atomic E-state index is 4.15. The maximum absolute atomic E-state index is 4.15. The second kappa shape index (κ2) is 7.41. The van der Waals surface area contributed by atoms with Gasteiger partial charge in [-0.05, 0) is 19.2 Å². The average Bonchev–Trinajstić information content (AvgIpc) is 2.70. The second-order valence-corrected chi connectivity index (χ2v) is 3.97. The first-order valence-electron chi connectivity index (χ1n) is 6.17. The van der Waals surface area contributed by atoms with E-state index < -0.39 is 0 Å². The number of nitrogens with zero attached hydrogens (tertiary/aromatic N) is 3. The van der Waals surface area contributed by atoms with Gasteiger partial charge in [0.25, 0.3) is 0 Å². The van der Waals surface area contributed by atoms with Crippen molar-refractivity contribution in [2.75, 3.05) is 32.7 Å². The molecule has 0 atom stereocenters. The highest BCUT2D eigenvalue weighted by molar-refractivity contribution is 5.00. The van der Waals surface area contributed by atoms with Crippen molar-refractivity contribution in [3.8, 4) is 0 Å². The molecule has 1 N–H and O–H groups in total. The van der Waals surface area contributed by atoms with Crippen LogP contribution in [-0.2, 0) is 13.5 Å². The second-order valence-electron chi connectivity index (χ2n) is 3.97. The molecule has 0 radical (unpaired) electrons. The third kappa shape index (κ3) is 4.33. The minimum absolute atomic E-state index is 1.03. The van der Waals surface area contributed by atoms with Crippen LogP contribution >= 0.6 is 0 Å². The Morgan fingerprint density at radius 3 is 2.62 bits per heavy atom. The van der Waals surface area contributed by atoms with Crippen LogP contribution in [0.15, 0.2) is 12.3 Å². The first-order valence-corrected chi connectivity index (χ1v) is 6.17. The maximum Gasteiger partial charge on any atom is 0.0492 e. The van der Waals surface area contributed by atoms with Crippen molar-refractivity contribution >= 4 is 0 Å². The van der Waals surface area contributed by atoms with Gasteiger partial charge in [-0.1, -0.05) is 13.8 Å². The first kappa shape index (κ1) is 13.2. The number of aryl methyl sites for hydroxylation is 1. The lowest BCUT2D eigenvalue weighted by atomic mass is 10.3. The van der Waals surface area contributed by atoms with E-state index in [4.69, 9.17) is 0 Å². The van der Waals surface area contributed by atoms with Crippen LogP contribution in [0, 0.1) is 0 Å². The normalized spacial score (nSPS) is 11.2. The van der Waals surface area contributed by atoms with E-state index in [2.05, 4.69) is 35.2 Å². The Labute approximate surface area is 98.6 Å². The Balaban J connectivity index is 2.06. The lowest BCUT2D eigenvalue weighted by Crippen LogP contribution is -2.32. The topological polar surface area (TPSA) is 33.1 Å². The van der Waals surface area contributed by atoms with Gasteiger partial charge in [-0.15, -0.1) is 0 Å². The Bertz CT molecular complexity index is 278. The SMILES string of the molecule is CCN(CC)CCNCCc1ccnn1C. The zero-order chi connectivity index (χ0) is 11.8. The van der Waals surface area contributed by atoms with E-state index in [0.717, 1.165) is 39.1 Å². The van der Waals surface area contributed by atoms with Crippen LogP contribution in [0.1, 0.15) is 19.5 Å². The van der Waals surface area contributed by atoms with Crippen LogP contribution in [0.3, 0.4) is 0 Å². The van der Waals surface area contributed by atoms with E-state index in [9.17, 15) is 0 Å². The molecule has 16 heavy (non-hydrogen) atoms. The van der Waals surface area contributed by atoms with Crippen molar-refractivity contribution in [2.24, 2.45) is 7.05 Å². The minimum atomic E-state index is 1.03. The van der Waals surface area contributed by atoms with Crippen LogP contribution in [0.25, 0.3) is 0 Å². The van der Waals surface area contributed by atoms with Gasteiger partial charge in [0.1, 0.15) is 0 Å². The van der Waals surface area contributed by atoms with Crippen LogP contribution in [-0.4, -0.2) is 47.4 Å². The molecule has 1 aromatic rings. The summed E-state index contributed by atoms with van der Waals surface area (Å²) in [4.78, 5) is 2.43. The lowest BCUT2D eigenvalue weighted by molar-refractivity contribution is 0.302. The molecular weight excluding hydrogens is 200 g/mol. The molecule has 1 aromatic heterocycles. The first-order chi connectivity index (χ1) is 7.77. The summed E-state index contributed by atoms with van der Waals surface area (Å²) in [5.74, 6) is 0. The van der Waals surface area contributed by atoms with Gasteiger partial charge in [0.15, 0.2) is 0 Å². The predicted octanol–water partition coefficient (Wildman–Crippen LogP) is 0.894. The van der Waals surface area contributed by atoms with E-state index in [1.165, 1.54) is 5.69 Å². The van der Waals surface area contributed by atoms with Crippen LogP contribution in [0.2, 0.25) is 0 Å². The predicted molar refractivity (Wildman–Crippen MR) is 67.6 cm³/mol. The van der Waals surface area contributed by atoms with Gasteiger partial charge in [0.2, 0.25) is 0 Å². The summed E-state index contributed by atoms with van der Waals surface area (Å²) >= 11 is 0. The van der Waals surface area contributed by atoms with Gasteiger partial charge in [-0.2, -0.15) is 5.10 Å². The van der Waals surface area contributed by atoms with Crippen molar-refractivity contribution in [1.29, 1.82) is 0 Å². The molecule has 0 aliphatic carbocycles. The van der Waals surface area contributed by atoms with Crippen LogP contribution in [0.5, 0.6) is 0 Å². The molecule has 0 aliphatic rings. The van der Waals surface area contributed by atoms with Gasteiger partial charge in [0.05, 0.1) is 0 Å². The summed E-state index contributed by atoms with van der Waals surface area (Å²) < 4.78 is 1.94. The number of nitrogens with one attached hydrogen (secondary N) is 1. The highest BCUT2D eigenvalue weighted by atomic mass is 15.3. The van der Waals surface area contributed by atoms with Crippen molar-refractivity contribution < 1.29 is 0 Å². The summed E-state index contributed by atoms with van der Waals surface area (Å²) in [6.07, 6.45) is 2.90. The molecule has 0 amide bonds. The molecule has 92 valence electrons. The summed E-state index contributed by atoms with van der Waals surface area (Å²) in [7, 11) is 1.99. The monoisotopic (exact) mass is 224 g/mol. The largest absolute Gasteiger partial charge is 0.315 e. The minimum Gasteiger partial charge on any atom is -0.315 e. The number of aromatic nitrogens is 2. The van der Waals surface area contributed by atoms with E-state index in [1.54, 1.807) is 0 Å². The highest BCUT2D eigenvalue weighted by Gasteiger charge is 1.99. The van der Waals surface area contributed by atoms with Crippen LogP contribution < -0.4 is 5.32 Å². The Kier molecular flexibility index (Phi) is 6.11. The summed E-state index contributed by atoms with van der Waals surface area (Å²) in [6, 6.07) is 2.08. The van der Waals surface area contributed by atoms with E-state index >= 15 is 0 Å². The average molecular weight is 224 g/mol. The molecule has 0 bridgehead atoms. The lowest BCUT2D eigenvalue weighted by Gasteiger charge is -2.17. The van der Waals surface area contributed by atoms with Crippen LogP contribution in [0.4, 0.5) is 0 Å². The fourth-order valence-corrected chi connectivity index (χ4v) is 1.76. The Morgan fingerprint density at radius 2 is 2.06 bits per heavy atom. The molecule has 4 heteroatoms. The van der Waals surface area contributed by atoms with Crippen molar-refractivity contribution in [3.63, 3.8) is 0 Å². The highest BCUT2D eigenvalue weighted by Crippen LogP contribution is 1.95. The van der Waals surface area contributed by atoms with E-state index in [-0.39, 0.29) is 0 Å².